The Hall–Kier alpha value is -0.910. The summed E-state index contributed by atoms with van der Waals surface area (Å²) in [5.41, 5.74) is 0. The van der Waals surface area contributed by atoms with Gasteiger partial charge in [-0.15, -0.1) is 22.7 Å². The molecule has 1 amide bonds. The first-order valence-electron chi connectivity index (χ1n) is 5.10. The number of hydrogen-bond donors (Lipinski definition) is 2. The molecule has 2 N–H and O–H groups in total. The predicted molar refractivity (Wildman–Crippen MR) is 68.3 cm³/mol. The van der Waals surface area contributed by atoms with Gasteiger partial charge in [-0.3, -0.25) is 4.79 Å². The van der Waals surface area contributed by atoms with E-state index >= 15 is 0 Å². The monoisotopic (exact) mass is 255 g/mol. The number of aliphatic hydroxyl groups is 1. The number of carbonyl (C=O) groups is 1. The van der Waals surface area contributed by atoms with Gasteiger partial charge < -0.3 is 10.4 Å². The molecule has 0 spiro atoms. The highest BCUT2D eigenvalue weighted by molar-refractivity contribution is 7.27. The Morgan fingerprint density at radius 3 is 3.06 bits per heavy atom. The van der Waals surface area contributed by atoms with Crippen molar-refractivity contribution in [3.8, 4) is 0 Å². The van der Waals surface area contributed by atoms with Crippen LogP contribution in [0, 0.1) is 0 Å². The molecule has 2 rings (SSSR count). The van der Waals surface area contributed by atoms with E-state index in [1.807, 2.05) is 17.5 Å². The Morgan fingerprint density at radius 1 is 1.56 bits per heavy atom. The van der Waals surface area contributed by atoms with E-state index in [9.17, 15) is 4.79 Å². The molecule has 1 unspecified atom stereocenters. The normalized spacial score (nSPS) is 12.9. The van der Waals surface area contributed by atoms with Gasteiger partial charge in [0, 0.05) is 15.9 Å². The van der Waals surface area contributed by atoms with Gasteiger partial charge in [0.15, 0.2) is 0 Å². The molecule has 0 saturated heterocycles. The van der Waals surface area contributed by atoms with Gasteiger partial charge in [0.2, 0.25) is 0 Å². The number of aliphatic hydroxyl groups excluding tert-OH is 1. The smallest absolute Gasteiger partial charge is 0.261 e. The standard InChI is InChI=1S/C11H13NO2S2/c1-7(13)2-4-12-11(14)10-6-9-8(16-10)3-5-15-9/h3,5-7,13H,2,4H2,1H3,(H,12,14). The third-order valence-electron chi connectivity index (χ3n) is 2.21. The van der Waals surface area contributed by atoms with Crippen molar-refractivity contribution in [2.45, 2.75) is 19.4 Å². The Labute approximate surface area is 102 Å². The second-order valence-electron chi connectivity index (χ2n) is 3.65. The lowest BCUT2D eigenvalue weighted by atomic mass is 10.3. The lowest BCUT2D eigenvalue weighted by Crippen LogP contribution is -2.25. The molecule has 0 aliphatic carbocycles. The van der Waals surface area contributed by atoms with Gasteiger partial charge in [0.25, 0.3) is 5.91 Å². The molecule has 0 aliphatic heterocycles. The zero-order valence-corrected chi connectivity index (χ0v) is 10.5. The van der Waals surface area contributed by atoms with Crippen LogP contribution >= 0.6 is 22.7 Å². The molecular formula is C11H13NO2S2. The highest BCUT2D eigenvalue weighted by Crippen LogP contribution is 2.29. The van der Waals surface area contributed by atoms with Crippen LogP contribution in [-0.2, 0) is 0 Å². The zero-order chi connectivity index (χ0) is 11.5. The van der Waals surface area contributed by atoms with Crippen molar-refractivity contribution in [3.63, 3.8) is 0 Å². The fraction of sp³-hybridized carbons (Fsp3) is 0.364. The topological polar surface area (TPSA) is 49.3 Å². The van der Waals surface area contributed by atoms with E-state index in [0.29, 0.717) is 13.0 Å². The molecule has 86 valence electrons. The average Bonchev–Trinajstić information content (AvgIpc) is 2.75. The molecule has 5 heteroatoms. The maximum atomic E-state index is 11.7. The summed E-state index contributed by atoms with van der Waals surface area (Å²) in [4.78, 5) is 12.5. The molecule has 0 aromatic carbocycles. The van der Waals surface area contributed by atoms with Crippen molar-refractivity contribution in [1.82, 2.24) is 5.32 Å². The van der Waals surface area contributed by atoms with Crippen LogP contribution in [0.5, 0.6) is 0 Å². The fourth-order valence-corrected chi connectivity index (χ4v) is 3.38. The molecule has 0 aliphatic rings. The summed E-state index contributed by atoms with van der Waals surface area (Å²) in [5, 5.41) is 13.9. The minimum Gasteiger partial charge on any atom is -0.393 e. The lowest BCUT2D eigenvalue weighted by molar-refractivity contribution is 0.0949. The van der Waals surface area contributed by atoms with Crippen molar-refractivity contribution < 1.29 is 9.90 Å². The summed E-state index contributed by atoms with van der Waals surface area (Å²) in [6.45, 7) is 2.23. The minimum atomic E-state index is -0.368. The zero-order valence-electron chi connectivity index (χ0n) is 8.90. The summed E-state index contributed by atoms with van der Waals surface area (Å²) in [6.07, 6.45) is 0.220. The van der Waals surface area contributed by atoms with Gasteiger partial charge in [-0.25, -0.2) is 0 Å². The van der Waals surface area contributed by atoms with E-state index in [1.165, 1.54) is 11.3 Å². The van der Waals surface area contributed by atoms with Crippen LogP contribution in [0.1, 0.15) is 23.0 Å². The molecule has 2 aromatic heterocycles. The van der Waals surface area contributed by atoms with Crippen LogP contribution in [0.4, 0.5) is 0 Å². The number of rotatable bonds is 4. The number of carbonyl (C=O) groups excluding carboxylic acids is 1. The minimum absolute atomic E-state index is 0.0472. The van der Waals surface area contributed by atoms with Gasteiger partial charge in [-0.1, -0.05) is 0 Å². The number of thiophene rings is 2. The van der Waals surface area contributed by atoms with Gasteiger partial charge in [-0.2, -0.15) is 0 Å². The maximum absolute atomic E-state index is 11.7. The van der Waals surface area contributed by atoms with Crippen molar-refractivity contribution >= 4 is 38.0 Å². The Morgan fingerprint density at radius 2 is 2.38 bits per heavy atom. The van der Waals surface area contributed by atoms with Crippen LogP contribution in [0.2, 0.25) is 0 Å². The molecule has 2 aromatic rings. The van der Waals surface area contributed by atoms with Gasteiger partial charge in [0.05, 0.1) is 11.0 Å². The summed E-state index contributed by atoms with van der Waals surface area (Å²) in [6, 6.07) is 3.94. The Kier molecular flexibility index (Phi) is 3.58. The first kappa shape index (κ1) is 11.6. The van der Waals surface area contributed by atoms with Gasteiger partial charge >= 0.3 is 0 Å². The van der Waals surface area contributed by atoms with E-state index in [2.05, 4.69) is 5.32 Å². The molecule has 0 radical (unpaired) electrons. The predicted octanol–water partition coefficient (Wildman–Crippen LogP) is 2.46. The molecule has 16 heavy (non-hydrogen) atoms. The van der Waals surface area contributed by atoms with E-state index in [4.69, 9.17) is 5.11 Å². The second-order valence-corrected chi connectivity index (χ2v) is 5.68. The van der Waals surface area contributed by atoms with Crippen LogP contribution in [0.25, 0.3) is 9.40 Å². The van der Waals surface area contributed by atoms with Crippen LogP contribution in [-0.4, -0.2) is 23.7 Å². The maximum Gasteiger partial charge on any atom is 0.261 e. The van der Waals surface area contributed by atoms with Gasteiger partial charge in [0.1, 0.15) is 0 Å². The van der Waals surface area contributed by atoms with Crippen molar-refractivity contribution in [2.24, 2.45) is 0 Å². The van der Waals surface area contributed by atoms with Crippen molar-refractivity contribution in [2.75, 3.05) is 6.54 Å². The molecule has 3 nitrogen and oxygen atoms in total. The fourth-order valence-electron chi connectivity index (χ4n) is 1.36. The Bertz CT molecular complexity index is 458. The number of amides is 1. The number of fused-ring (bicyclic) bond motifs is 1. The summed E-state index contributed by atoms with van der Waals surface area (Å²) in [5.74, 6) is -0.0472. The summed E-state index contributed by atoms with van der Waals surface area (Å²) in [7, 11) is 0. The third-order valence-corrected chi connectivity index (χ3v) is 4.30. The molecule has 1 atom stereocenters. The third kappa shape index (κ3) is 2.61. The quantitative estimate of drug-likeness (QED) is 0.881. The first-order valence-corrected chi connectivity index (χ1v) is 6.80. The molecule has 2 heterocycles. The summed E-state index contributed by atoms with van der Waals surface area (Å²) >= 11 is 3.15. The number of hydrogen-bond acceptors (Lipinski definition) is 4. The van der Waals surface area contributed by atoms with Gasteiger partial charge in [-0.05, 0) is 30.9 Å². The molecule has 0 fully saturated rings. The second kappa shape index (κ2) is 4.95. The van der Waals surface area contributed by atoms with E-state index in [-0.39, 0.29) is 12.0 Å². The largest absolute Gasteiger partial charge is 0.393 e. The average molecular weight is 255 g/mol. The number of nitrogens with one attached hydrogen (secondary N) is 1. The van der Waals surface area contributed by atoms with Crippen LogP contribution in [0.3, 0.4) is 0 Å². The highest BCUT2D eigenvalue weighted by atomic mass is 32.1. The first-order chi connectivity index (χ1) is 7.66. The SMILES string of the molecule is CC(O)CCNC(=O)c1cc2sccc2s1. The summed E-state index contributed by atoms with van der Waals surface area (Å²) < 4.78 is 2.32. The highest BCUT2D eigenvalue weighted by Gasteiger charge is 2.10. The molecule has 0 bridgehead atoms. The lowest BCUT2D eigenvalue weighted by Gasteiger charge is -2.04. The molecule has 0 saturated carbocycles. The Balaban J connectivity index is 1.97. The van der Waals surface area contributed by atoms with Crippen molar-refractivity contribution in [3.05, 3.63) is 22.4 Å². The van der Waals surface area contributed by atoms with Crippen LogP contribution < -0.4 is 5.32 Å². The van der Waals surface area contributed by atoms with E-state index in [0.717, 1.165) is 14.3 Å². The van der Waals surface area contributed by atoms with E-state index < -0.39 is 0 Å². The van der Waals surface area contributed by atoms with Crippen molar-refractivity contribution in [1.29, 1.82) is 0 Å². The van der Waals surface area contributed by atoms with E-state index in [1.54, 1.807) is 18.3 Å². The molecular weight excluding hydrogens is 242 g/mol. The van der Waals surface area contributed by atoms with Crippen LogP contribution in [0.15, 0.2) is 17.5 Å².